The Morgan fingerprint density at radius 1 is 1.47 bits per heavy atom. The molecule has 0 heterocycles. The maximum atomic E-state index is 13.3. The number of unbranched alkanes of at least 4 members (excludes halogenated alkanes) is 1. The highest BCUT2D eigenvalue weighted by molar-refractivity contribution is 5.31. The van der Waals surface area contributed by atoms with Gasteiger partial charge in [-0.2, -0.15) is 0 Å². The van der Waals surface area contributed by atoms with Gasteiger partial charge in [-0.15, -0.1) is 0 Å². The van der Waals surface area contributed by atoms with E-state index in [0.717, 1.165) is 12.8 Å². The van der Waals surface area contributed by atoms with E-state index in [2.05, 4.69) is 0 Å². The van der Waals surface area contributed by atoms with Crippen LogP contribution in [0.2, 0.25) is 0 Å². The van der Waals surface area contributed by atoms with Gasteiger partial charge in [-0.25, -0.2) is 4.39 Å². The number of benzene rings is 1. The van der Waals surface area contributed by atoms with Gasteiger partial charge >= 0.3 is 0 Å². The van der Waals surface area contributed by atoms with Crippen LogP contribution < -0.4 is 4.74 Å². The number of ether oxygens (including phenoxy) is 1. The molecular weight excluding hydrogens is 195 g/mol. The molecule has 0 radical (unpaired) electrons. The lowest BCUT2D eigenvalue weighted by Gasteiger charge is -2.10. The van der Waals surface area contributed by atoms with Gasteiger partial charge in [-0.1, -0.05) is 19.4 Å². The lowest BCUT2D eigenvalue weighted by molar-refractivity contribution is 0.198. The molecule has 0 aromatic heterocycles. The van der Waals surface area contributed by atoms with Crippen LogP contribution >= 0.6 is 0 Å². The minimum Gasteiger partial charge on any atom is -0.491 e. The highest BCUT2D eigenvalue weighted by atomic mass is 19.1. The van der Waals surface area contributed by atoms with Crippen LogP contribution in [0.5, 0.6) is 5.75 Å². The maximum absolute atomic E-state index is 13.3. The molecule has 0 aliphatic carbocycles. The van der Waals surface area contributed by atoms with E-state index in [4.69, 9.17) is 4.74 Å². The minimum absolute atomic E-state index is 0.224. The number of aliphatic hydroxyl groups is 1. The lowest BCUT2D eigenvalue weighted by Crippen LogP contribution is -2.00. The third-order valence-corrected chi connectivity index (χ3v) is 2.19. The summed E-state index contributed by atoms with van der Waals surface area (Å²) in [4.78, 5) is 0. The lowest BCUT2D eigenvalue weighted by atomic mass is 10.1. The predicted molar refractivity (Wildman–Crippen MR) is 57.4 cm³/mol. The molecule has 0 amide bonds. The van der Waals surface area contributed by atoms with Crippen molar-refractivity contribution in [3.8, 4) is 5.75 Å². The summed E-state index contributed by atoms with van der Waals surface area (Å²) < 4.78 is 18.5. The zero-order chi connectivity index (χ0) is 11.3. The van der Waals surface area contributed by atoms with Gasteiger partial charge in [-0.05, 0) is 31.0 Å². The molecule has 1 aromatic rings. The van der Waals surface area contributed by atoms with Crippen LogP contribution in [0.1, 0.15) is 38.4 Å². The van der Waals surface area contributed by atoms with Gasteiger partial charge in [0, 0.05) is 0 Å². The summed E-state index contributed by atoms with van der Waals surface area (Å²) in [6.45, 7) is 4.20. The van der Waals surface area contributed by atoms with Crippen molar-refractivity contribution in [2.75, 3.05) is 6.61 Å². The van der Waals surface area contributed by atoms with Crippen molar-refractivity contribution in [3.05, 3.63) is 29.6 Å². The van der Waals surface area contributed by atoms with Gasteiger partial charge in [0.05, 0.1) is 12.7 Å². The van der Waals surface area contributed by atoms with Crippen molar-refractivity contribution >= 4 is 0 Å². The molecule has 0 saturated heterocycles. The second-order valence-electron chi connectivity index (χ2n) is 3.57. The molecule has 0 spiro atoms. The Morgan fingerprint density at radius 2 is 2.20 bits per heavy atom. The van der Waals surface area contributed by atoms with Crippen LogP contribution in [-0.4, -0.2) is 11.7 Å². The molecule has 1 N–H and O–H groups in total. The van der Waals surface area contributed by atoms with E-state index < -0.39 is 6.10 Å². The number of hydrogen-bond donors (Lipinski definition) is 1. The third kappa shape index (κ3) is 3.51. The van der Waals surface area contributed by atoms with Crippen molar-refractivity contribution in [1.29, 1.82) is 0 Å². The summed E-state index contributed by atoms with van der Waals surface area (Å²) in [6.07, 6.45) is 1.31. The molecule has 0 aliphatic heterocycles. The topological polar surface area (TPSA) is 29.5 Å². The van der Waals surface area contributed by atoms with Crippen LogP contribution in [0.25, 0.3) is 0 Å². The highest BCUT2D eigenvalue weighted by Crippen LogP contribution is 2.22. The molecular formula is C12H17FO2. The van der Waals surface area contributed by atoms with Gasteiger partial charge in [0.1, 0.15) is 0 Å². The van der Waals surface area contributed by atoms with E-state index >= 15 is 0 Å². The van der Waals surface area contributed by atoms with Gasteiger partial charge in [0.25, 0.3) is 0 Å². The molecule has 2 nitrogen and oxygen atoms in total. The fraction of sp³-hybridized carbons (Fsp3) is 0.500. The van der Waals surface area contributed by atoms with Crippen molar-refractivity contribution in [2.24, 2.45) is 0 Å². The summed E-state index contributed by atoms with van der Waals surface area (Å²) in [7, 11) is 0. The zero-order valence-corrected chi connectivity index (χ0v) is 9.16. The van der Waals surface area contributed by atoms with E-state index in [9.17, 15) is 9.50 Å². The van der Waals surface area contributed by atoms with Crippen LogP contribution in [-0.2, 0) is 0 Å². The first-order valence-electron chi connectivity index (χ1n) is 5.25. The molecule has 0 unspecified atom stereocenters. The average Bonchev–Trinajstić information content (AvgIpc) is 2.20. The first-order chi connectivity index (χ1) is 7.15. The van der Waals surface area contributed by atoms with Crippen molar-refractivity contribution in [3.63, 3.8) is 0 Å². The molecule has 84 valence electrons. The van der Waals surface area contributed by atoms with Gasteiger partial charge in [0.15, 0.2) is 11.6 Å². The minimum atomic E-state index is -0.598. The summed E-state index contributed by atoms with van der Waals surface area (Å²) >= 11 is 0. The second kappa shape index (κ2) is 5.71. The number of aliphatic hydroxyl groups excluding tert-OH is 1. The Hall–Kier alpha value is -1.09. The predicted octanol–water partition coefficient (Wildman–Crippen LogP) is 3.06. The van der Waals surface area contributed by atoms with E-state index in [1.165, 1.54) is 6.07 Å². The largest absolute Gasteiger partial charge is 0.491 e. The number of hydrogen-bond acceptors (Lipinski definition) is 2. The standard InChI is InChI=1S/C12H17FO2/c1-3-4-7-15-12-8-10(9(2)14)5-6-11(12)13/h5-6,8-9,14H,3-4,7H2,1-2H3/t9-/m0/s1. The van der Waals surface area contributed by atoms with Gasteiger partial charge in [-0.3, -0.25) is 0 Å². The van der Waals surface area contributed by atoms with E-state index in [1.54, 1.807) is 19.1 Å². The first kappa shape index (κ1) is 12.0. The SMILES string of the molecule is CCCCOc1cc([C@H](C)O)ccc1F. The molecule has 1 aromatic carbocycles. The summed E-state index contributed by atoms with van der Waals surface area (Å²) in [5.41, 5.74) is 0.669. The van der Waals surface area contributed by atoms with E-state index in [0.29, 0.717) is 12.2 Å². The van der Waals surface area contributed by atoms with Crippen LogP contribution in [0.15, 0.2) is 18.2 Å². The third-order valence-electron chi connectivity index (χ3n) is 2.19. The summed E-state index contributed by atoms with van der Waals surface area (Å²) in [5.74, 6) is -0.155. The van der Waals surface area contributed by atoms with E-state index in [1.807, 2.05) is 6.92 Å². The van der Waals surface area contributed by atoms with Crippen LogP contribution in [0.3, 0.4) is 0 Å². The Balaban J connectivity index is 2.72. The molecule has 15 heavy (non-hydrogen) atoms. The van der Waals surface area contributed by atoms with Crippen molar-refractivity contribution in [1.82, 2.24) is 0 Å². The van der Waals surface area contributed by atoms with Crippen LogP contribution in [0, 0.1) is 5.82 Å². The number of rotatable bonds is 5. The monoisotopic (exact) mass is 212 g/mol. The molecule has 3 heteroatoms. The zero-order valence-electron chi connectivity index (χ0n) is 9.16. The Kier molecular flexibility index (Phi) is 4.56. The molecule has 0 saturated carbocycles. The molecule has 0 fully saturated rings. The van der Waals surface area contributed by atoms with Crippen molar-refractivity contribution in [2.45, 2.75) is 32.8 Å². The Bertz CT molecular complexity index is 310. The number of halogens is 1. The second-order valence-corrected chi connectivity index (χ2v) is 3.57. The summed E-state index contributed by atoms with van der Waals surface area (Å²) in [6, 6.07) is 4.44. The summed E-state index contributed by atoms with van der Waals surface area (Å²) in [5, 5.41) is 9.33. The Morgan fingerprint density at radius 3 is 2.80 bits per heavy atom. The van der Waals surface area contributed by atoms with Gasteiger partial charge < -0.3 is 9.84 Å². The smallest absolute Gasteiger partial charge is 0.165 e. The fourth-order valence-electron chi connectivity index (χ4n) is 1.22. The Labute approximate surface area is 89.7 Å². The highest BCUT2D eigenvalue weighted by Gasteiger charge is 2.07. The van der Waals surface area contributed by atoms with Gasteiger partial charge in [0.2, 0.25) is 0 Å². The van der Waals surface area contributed by atoms with Crippen molar-refractivity contribution < 1.29 is 14.2 Å². The first-order valence-corrected chi connectivity index (χ1v) is 5.25. The molecule has 1 rings (SSSR count). The quantitative estimate of drug-likeness (QED) is 0.760. The van der Waals surface area contributed by atoms with E-state index in [-0.39, 0.29) is 11.6 Å². The molecule has 0 bridgehead atoms. The van der Waals surface area contributed by atoms with Crippen LogP contribution in [0.4, 0.5) is 4.39 Å². The molecule has 1 atom stereocenters. The average molecular weight is 212 g/mol. The molecule has 0 aliphatic rings. The maximum Gasteiger partial charge on any atom is 0.165 e. The normalized spacial score (nSPS) is 12.5. The fourth-order valence-corrected chi connectivity index (χ4v) is 1.22.